The van der Waals surface area contributed by atoms with E-state index in [0.29, 0.717) is 35.1 Å². The molecular weight excluding hydrogens is 302 g/mol. The van der Waals surface area contributed by atoms with Crippen molar-refractivity contribution in [1.82, 2.24) is 0 Å². The van der Waals surface area contributed by atoms with Crippen LogP contribution in [0.5, 0.6) is 11.5 Å². The Kier molecular flexibility index (Phi) is 5.67. The molecule has 0 radical (unpaired) electrons. The van der Waals surface area contributed by atoms with Gasteiger partial charge in [-0.05, 0) is 36.2 Å². The van der Waals surface area contributed by atoms with E-state index < -0.39 is 0 Å². The van der Waals surface area contributed by atoms with E-state index in [1.165, 1.54) is 0 Å². The van der Waals surface area contributed by atoms with Crippen LogP contribution < -0.4 is 14.8 Å². The summed E-state index contributed by atoms with van der Waals surface area (Å²) < 4.78 is 10.4. The Morgan fingerprint density at radius 2 is 1.86 bits per heavy atom. The minimum atomic E-state index is -0.0628. The summed E-state index contributed by atoms with van der Waals surface area (Å²) in [6, 6.07) is 12.8. The Bertz CT molecular complexity index is 658. The molecule has 0 aliphatic heterocycles. The molecule has 0 aliphatic rings. The van der Waals surface area contributed by atoms with Gasteiger partial charge in [-0.25, -0.2) is 0 Å². The van der Waals surface area contributed by atoms with Gasteiger partial charge in [0.15, 0.2) is 11.5 Å². The first-order chi connectivity index (χ1) is 10.6. The molecule has 1 N–H and O–H groups in total. The Morgan fingerprint density at radius 3 is 2.55 bits per heavy atom. The van der Waals surface area contributed by atoms with Gasteiger partial charge in [0.25, 0.3) is 0 Å². The predicted octanol–water partition coefficient (Wildman–Crippen LogP) is 3.93. The molecule has 0 saturated heterocycles. The minimum absolute atomic E-state index is 0.0628. The van der Waals surface area contributed by atoms with Crippen LogP contribution in [-0.4, -0.2) is 20.1 Å². The van der Waals surface area contributed by atoms with Gasteiger partial charge in [-0.2, -0.15) is 0 Å². The summed E-state index contributed by atoms with van der Waals surface area (Å²) in [5.41, 5.74) is 1.71. The molecule has 0 fully saturated rings. The summed E-state index contributed by atoms with van der Waals surface area (Å²) in [5.74, 6) is 1.14. The molecule has 0 atom stereocenters. The summed E-state index contributed by atoms with van der Waals surface area (Å²) in [6.07, 6.45) is 1.02. The van der Waals surface area contributed by atoms with Crippen molar-refractivity contribution in [2.75, 3.05) is 19.5 Å². The first kappa shape index (κ1) is 16.2. The van der Waals surface area contributed by atoms with Gasteiger partial charge in [0, 0.05) is 23.2 Å². The number of aryl methyl sites for hydroxylation is 1. The Balaban J connectivity index is 1.94. The Labute approximate surface area is 135 Å². The van der Waals surface area contributed by atoms with Crippen LogP contribution in [0.2, 0.25) is 5.02 Å². The fourth-order valence-corrected chi connectivity index (χ4v) is 2.30. The molecule has 0 saturated carbocycles. The first-order valence-corrected chi connectivity index (χ1v) is 7.26. The minimum Gasteiger partial charge on any atom is -0.493 e. The van der Waals surface area contributed by atoms with Crippen LogP contribution in [0.3, 0.4) is 0 Å². The highest BCUT2D eigenvalue weighted by Crippen LogP contribution is 2.29. The number of amides is 1. The standard InChI is InChI=1S/C17H18ClNO3/c1-21-15-8-7-14(11-16(15)22-2)19-17(20)9-6-12-4-3-5-13(18)10-12/h3-5,7-8,10-11H,6,9H2,1-2H3,(H,19,20). The van der Waals surface area contributed by atoms with Gasteiger partial charge in [0.2, 0.25) is 5.91 Å². The van der Waals surface area contributed by atoms with Gasteiger partial charge in [0.1, 0.15) is 0 Å². The number of hydrogen-bond donors (Lipinski definition) is 1. The summed E-state index contributed by atoms with van der Waals surface area (Å²) in [5, 5.41) is 3.52. The number of anilines is 1. The third-order valence-corrected chi connectivity index (χ3v) is 3.43. The van der Waals surface area contributed by atoms with Crippen LogP contribution in [0.15, 0.2) is 42.5 Å². The van der Waals surface area contributed by atoms with E-state index in [9.17, 15) is 4.79 Å². The molecule has 2 aromatic carbocycles. The average Bonchev–Trinajstić information content (AvgIpc) is 2.53. The van der Waals surface area contributed by atoms with Crippen molar-refractivity contribution >= 4 is 23.2 Å². The van der Waals surface area contributed by atoms with Gasteiger partial charge in [-0.1, -0.05) is 23.7 Å². The highest BCUT2D eigenvalue weighted by Gasteiger charge is 2.08. The first-order valence-electron chi connectivity index (χ1n) is 6.88. The van der Waals surface area contributed by atoms with E-state index in [-0.39, 0.29) is 5.91 Å². The maximum Gasteiger partial charge on any atom is 0.224 e. The summed E-state index contributed by atoms with van der Waals surface area (Å²) in [7, 11) is 3.13. The summed E-state index contributed by atoms with van der Waals surface area (Å²) in [6.45, 7) is 0. The number of rotatable bonds is 6. The fraction of sp³-hybridized carbons (Fsp3) is 0.235. The normalized spacial score (nSPS) is 10.1. The molecule has 1 amide bonds. The zero-order valence-electron chi connectivity index (χ0n) is 12.6. The van der Waals surface area contributed by atoms with E-state index in [1.54, 1.807) is 32.4 Å². The second-order valence-corrected chi connectivity index (χ2v) is 5.18. The second-order valence-electron chi connectivity index (χ2n) is 4.75. The lowest BCUT2D eigenvalue weighted by atomic mass is 10.1. The highest BCUT2D eigenvalue weighted by atomic mass is 35.5. The fourth-order valence-electron chi connectivity index (χ4n) is 2.09. The third kappa shape index (κ3) is 4.40. The van der Waals surface area contributed by atoms with Crippen molar-refractivity contribution in [3.8, 4) is 11.5 Å². The van der Waals surface area contributed by atoms with Crippen molar-refractivity contribution in [3.05, 3.63) is 53.1 Å². The van der Waals surface area contributed by atoms with Crippen molar-refractivity contribution in [1.29, 1.82) is 0 Å². The molecule has 0 bridgehead atoms. The SMILES string of the molecule is COc1ccc(NC(=O)CCc2cccc(Cl)c2)cc1OC. The zero-order chi connectivity index (χ0) is 15.9. The number of benzene rings is 2. The van der Waals surface area contributed by atoms with E-state index in [2.05, 4.69) is 5.32 Å². The van der Waals surface area contributed by atoms with Gasteiger partial charge in [-0.15, -0.1) is 0 Å². The molecule has 0 unspecified atom stereocenters. The molecule has 116 valence electrons. The molecule has 5 heteroatoms. The smallest absolute Gasteiger partial charge is 0.224 e. The quantitative estimate of drug-likeness (QED) is 0.877. The van der Waals surface area contributed by atoms with Crippen molar-refractivity contribution < 1.29 is 14.3 Å². The number of carbonyl (C=O) groups is 1. The van der Waals surface area contributed by atoms with Crippen molar-refractivity contribution in [2.45, 2.75) is 12.8 Å². The van der Waals surface area contributed by atoms with E-state index in [1.807, 2.05) is 24.3 Å². The molecule has 0 heterocycles. The van der Waals surface area contributed by atoms with Gasteiger partial charge >= 0.3 is 0 Å². The van der Waals surface area contributed by atoms with E-state index in [4.69, 9.17) is 21.1 Å². The largest absolute Gasteiger partial charge is 0.493 e. The zero-order valence-corrected chi connectivity index (χ0v) is 13.3. The molecule has 0 aliphatic carbocycles. The second kappa shape index (κ2) is 7.71. The van der Waals surface area contributed by atoms with Crippen LogP contribution in [0.4, 0.5) is 5.69 Å². The van der Waals surface area contributed by atoms with Crippen LogP contribution in [0, 0.1) is 0 Å². The third-order valence-electron chi connectivity index (χ3n) is 3.20. The number of nitrogens with one attached hydrogen (secondary N) is 1. The average molecular weight is 320 g/mol. The number of ether oxygens (including phenoxy) is 2. The maximum atomic E-state index is 12.0. The van der Waals surface area contributed by atoms with Crippen LogP contribution in [0.25, 0.3) is 0 Å². The van der Waals surface area contributed by atoms with E-state index in [0.717, 1.165) is 5.56 Å². The van der Waals surface area contributed by atoms with Crippen LogP contribution in [-0.2, 0) is 11.2 Å². The maximum absolute atomic E-state index is 12.0. The monoisotopic (exact) mass is 319 g/mol. The summed E-state index contributed by atoms with van der Waals surface area (Å²) in [4.78, 5) is 12.0. The van der Waals surface area contributed by atoms with Crippen molar-refractivity contribution in [3.63, 3.8) is 0 Å². The molecule has 2 rings (SSSR count). The highest BCUT2D eigenvalue weighted by molar-refractivity contribution is 6.30. The number of methoxy groups -OCH3 is 2. The molecule has 2 aromatic rings. The lowest BCUT2D eigenvalue weighted by Crippen LogP contribution is -2.12. The van der Waals surface area contributed by atoms with Crippen LogP contribution >= 0.6 is 11.6 Å². The molecule has 0 spiro atoms. The molecule has 4 nitrogen and oxygen atoms in total. The van der Waals surface area contributed by atoms with Crippen molar-refractivity contribution in [2.24, 2.45) is 0 Å². The molecule has 22 heavy (non-hydrogen) atoms. The topological polar surface area (TPSA) is 47.6 Å². The Morgan fingerprint density at radius 1 is 1.09 bits per heavy atom. The predicted molar refractivity (Wildman–Crippen MR) is 87.9 cm³/mol. The lowest BCUT2D eigenvalue weighted by Gasteiger charge is -2.10. The Hall–Kier alpha value is -2.20. The molecule has 0 aromatic heterocycles. The summed E-state index contributed by atoms with van der Waals surface area (Å²) >= 11 is 5.93. The van der Waals surface area contributed by atoms with Crippen LogP contribution in [0.1, 0.15) is 12.0 Å². The number of hydrogen-bond acceptors (Lipinski definition) is 3. The number of halogens is 1. The number of carbonyl (C=O) groups excluding carboxylic acids is 1. The van der Waals surface area contributed by atoms with Gasteiger partial charge in [0.05, 0.1) is 14.2 Å². The van der Waals surface area contributed by atoms with Gasteiger partial charge in [-0.3, -0.25) is 4.79 Å². The van der Waals surface area contributed by atoms with Gasteiger partial charge < -0.3 is 14.8 Å². The van der Waals surface area contributed by atoms with E-state index >= 15 is 0 Å². The molecular formula is C17H18ClNO3. The lowest BCUT2D eigenvalue weighted by molar-refractivity contribution is -0.116.